The van der Waals surface area contributed by atoms with Gasteiger partial charge in [-0.2, -0.15) is 0 Å². The lowest BCUT2D eigenvalue weighted by molar-refractivity contribution is -0.125. The van der Waals surface area contributed by atoms with E-state index in [0.29, 0.717) is 37.7 Å². The van der Waals surface area contributed by atoms with E-state index >= 15 is 0 Å². The number of aromatic nitrogens is 2. The van der Waals surface area contributed by atoms with Gasteiger partial charge >= 0.3 is 0 Å². The van der Waals surface area contributed by atoms with Crippen molar-refractivity contribution in [1.82, 2.24) is 14.9 Å². The van der Waals surface area contributed by atoms with Crippen molar-refractivity contribution in [2.24, 2.45) is 0 Å². The van der Waals surface area contributed by atoms with Crippen LogP contribution in [0.25, 0.3) is 11.6 Å². The molecule has 0 bridgehead atoms. The number of methoxy groups -OCH3 is 1. The molecule has 2 aromatic carbocycles. The molecule has 6 heteroatoms. The van der Waals surface area contributed by atoms with Crippen LogP contribution in [0.15, 0.2) is 73.1 Å². The smallest absolute Gasteiger partial charge is 0.254 e. The number of rotatable bonds is 5. The molecule has 1 saturated heterocycles. The van der Waals surface area contributed by atoms with E-state index in [9.17, 15) is 4.79 Å². The van der Waals surface area contributed by atoms with Crippen molar-refractivity contribution < 1.29 is 9.53 Å². The van der Waals surface area contributed by atoms with Gasteiger partial charge in [0.25, 0.3) is 5.91 Å². The fraction of sp³-hybridized carbons (Fsp3) is 0.208. The van der Waals surface area contributed by atoms with Crippen molar-refractivity contribution in [3.63, 3.8) is 0 Å². The average molecular weight is 400 g/mol. The Labute approximate surface area is 176 Å². The molecule has 0 spiro atoms. The minimum Gasteiger partial charge on any atom is -0.497 e. The first-order valence-electron chi connectivity index (χ1n) is 9.97. The van der Waals surface area contributed by atoms with E-state index in [4.69, 9.17) is 4.74 Å². The Morgan fingerprint density at radius 3 is 2.20 bits per heavy atom. The highest BCUT2D eigenvalue weighted by Gasteiger charge is 2.25. The first-order chi connectivity index (χ1) is 14.7. The molecule has 2 heterocycles. The highest BCUT2D eigenvalue weighted by molar-refractivity contribution is 6.24. The molecule has 1 aliphatic rings. The molecule has 30 heavy (non-hydrogen) atoms. The summed E-state index contributed by atoms with van der Waals surface area (Å²) in [5, 5.41) is 0. The minimum absolute atomic E-state index is 0.0330. The quantitative estimate of drug-likeness (QED) is 0.485. The number of benzene rings is 2. The van der Waals surface area contributed by atoms with E-state index in [1.807, 2.05) is 65.6 Å². The molecule has 0 unspecified atom stereocenters. The van der Waals surface area contributed by atoms with Gasteiger partial charge in [0.05, 0.1) is 7.11 Å². The monoisotopic (exact) mass is 400 g/mol. The molecule has 0 aliphatic carbocycles. The third-order valence-corrected chi connectivity index (χ3v) is 5.14. The summed E-state index contributed by atoms with van der Waals surface area (Å²) < 4.78 is 5.24. The minimum atomic E-state index is 0.0330. The molecule has 4 rings (SSSR count). The number of carbonyl (C=O) groups is 1. The Balaban J connectivity index is 1.55. The molecule has 0 N–H and O–H groups in total. The summed E-state index contributed by atoms with van der Waals surface area (Å²) in [6.07, 6.45) is 5.43. The Bertz CT molecular complexity index is 996. The van der Waals surface area contributed by atoms with E-state index < -0.39 is 0 Å². The fourth-order valence-electron chi connectivity index (χ4n) is 3.49. The van der Waals surface area contributed by atoms with E-state index in [2.05, 4.69) is 14.9 Å². The molecule has 0 radical (unpaired) electrons. The van der Waals surface area contributed by atoms with Crippen molar-refractivity contribution >= 4 is 23.5 Å². The number of nitrogens with zero attached hydrogens (tertiary/aromatic N) is 4. The lowest BCUT2D eigenvalue weighted by atomic mass is 10.0. The maximum atomic E-state index is 13.5. The summed E-state index contributed by atoms with van der Waals surface area (Å²) >= 11 is 0. The number of amides is 1. The van der Waals surface area contributed by atoms with Crippen molar-refractivity contribution in [3.8, 4) is 5.75 Å². The second-order valence-corrected chi connectivity index (χ2v) is 7.03. The summed E-state index contributed by atoms with van der Waals surface area (Å²) in [4.78, 5) is 26.1. The van der Waals surface area contributed by atoms with Gasteiger partial charge < -0.3 is 14.5 Å². The Hall–Kier alpha value is -3.67. The van der Waals surface area contributed by atoms with Crippen LogP contribution in [0.3, 0.4) is 0 Å². The zero-order valence-electron chi connectivity index (χ0n) is 16.9. The molecule has 6 nitrogen and oxygen atoms in total. The second kappa shape index (κ2) is 9.22. The number of ether oxygens (including phenoxy) is 1. The van der Waals surface area contributed by atoms with Gasteiger partial charge in [0.1, 0.15) is 5.75 Å². The molecular formula is C24H24N4O2. The predicted molar refractivity (Wildman–Crippen MR) is 118 cm³/mol. The SMILES string of the molecule is COc1ccc(/C=C(/C(=O)N2CCN(c3ncccn3)CC2)c2ccccc2)cc1. The molecule has 1 aliphatic heterocycles. The number of carbonyl (C=O) groups excluding carboxylic acids is 1. The van der Waals surface area contributed by atoms with E-state index in [1.54, 1.807) is 25.6 Å². The third kappa shape index (κ3) is 4.49. The van der Waals surface area contributed by atoms with Gasteiger partial charge in [-0.25, -0.2) is 9.97 Å². The zero-order valence-corrected chi connectivity index (χ0v) is 16.9. The standard InChI is InChI=1S/C24H24N4O2/c1-30-21-10-8-19(9-11-21)18-22(20-6-3-2-4-7-20)23(29)27-14-16-28(17-15-27)24-25-12-5-13-26-24/h2-13,18H,14-17H2,1H3/b22-18+. The summed E-state index contributed by atoms with van der Waals surface area (Å²) in [5.41, 5.74) is 2.55. The number of hydrogen-bond acceptors (Lipinski definition) is 5. The number of anilines is 1. The summed E-state index contributed by atoms with van der Waals surface area (Å²) in [5.74, 6) is 1.53. The van der Waals surface area contributed by atoms with Crippen LogP contribution in [0.5, 0.6) is 5.75 Å². The summed E-state index contributed by atoms with van der Waals surface area (Å²) in [6.45, 7) is 2.68. The van der Waals surface area contributed by atoms with Crippen LogP contribution >= 0.6 is 0 Å². The van der Waals surface area contributed by atoms with Crippen molar-refractivity contribution in [2.75, 3.05) is 38.2 Å². The van der Waals surface area contributed by atoms with Gasteiger partial charge in [0.15, 0.2) is 0 Å². The maximum absolute atomic E-state index is 13.5. The maximum Gasteiger partial charge on any atom is 0.254 e. The Kier molecular flexibility index (Phi) is 6.03. The molecule has 1 aromatic heterocycles. The second-order valence-electron chi connectivity index (χ2n) is 7.03. The molecular weight excluding hydrogens is 376 g/mol. The highest BCUT2D eigenvalue weighted by Crippen LogP contribution is 2.23. The summed E-state index contributed by atoms with van der Waals surface area (Å²) in [7, 11) is 1.64. The summed E-state index contributed by atoms with van der Waals surface area (Å²) in [6, 6.07) is 19.3. The van der Waals surface area contributed by atoms with Crippen LogP contribution in [0.1, 0.15) is 11.1 Å². The van der Waals surface area contributed by atoms with E-state index in [0.717, 1.165) is 16.9 Å². The van der Waals surface area contributed by atoms with Crippen LogP contribution in [-0.2, 0) is 4.79 Å². The molecule has 1 fully saturated rings. The van der Waals surface area contributed by atoms with Crippen molar-refractivity contribution in [1.29, 1.82) is 0 Å². The van der Waals surface area contributed by atoms with Gasteiger partial charge in [-0.1, -0.05) is 42.5 Å². The Morgan fingerprint density at radius 1 is 0.900 bits per heavy atom. The average Bonchev–Trinajstić information content (AvgIpc) is 2.84. The predicted octanol–water partition coefficient (Wildman–Crippen LogP) is 3.37. The third-order valence-electron chi connectivity index (χ3n) is 5.14. The fourth-order valence-corrected chi connectivity index (χ4v) is 3.49. The number of piperazine rings is 1. The highest BCUT2D eigenvalue weighted by atomic mass is 16.5. The molecule has 3 aromatic rings. The molecule has 0 saturated carbocycles. The first kappa shape index (κ1) is 19.6. The van der Waals surface area contributed by atoms with Crippen LogP contribution in [0.4, 0.5) is 5.95 Å². The van der Waals surface area contributed by atoms with Crippen molar-refractivity contribution in [3.05, 3.63) is 84.2 Å². The van der Waals surface area contributed by atoms with Gasteiger partial charge in [0, 0.05) is 44.1 Å². The van der Waals surface area contributed by atoms with Gasteiger partial charge in [-0.3, -0.25) is 4.79 Å². The van der Waals surface area contributed by atoms with Gasteiger partial charge in [-0.15, -0.1) is 0 Å². The van der Waals surface area contributed by atoms with E-state index in [-0.39, 0.29) is 5.91 Å². The van der Waals surface area contributed by atoms with Crippen LogP contribution in [0, 0.1) is 0 Å². The first-order valence-corrected chi connectivity index (χ1v) is 9.97. The lowest BCUT2D eigenvalue weighted by Gasteiger charge is -2.35. The Morgan fingerprint density at radius 2 is 1.57 bits per heavy atom. The number of hydrogen-bond donors (Lipinski definition) is 0. The zero-order chi connectivity index (χ0) is 20.8. The van der Waals surface area contributed by atoms with Crippen LogP contribution < -0.4 is 9.64 Å². The van der Waals surface area contributed by atoms with Gasteiger partial charge in [0.2, 0.25) is 5.95 Å². The molecule has 0 atom stereocenters. The van der Waals surface area contributed by atoms with Crippen LogP contribution in [-0.4, -0.2) is 54.1 Å². The normalized spacial score (nSPS) is 14.5. The largest absolute Gasteiger partial charge is 0.497 e. The topological polar surface area (TPSA) is 58.6 Å². The lowest BCUT2D eigenvalue weighted by Crippen LogP contribution is -2.49. The van der Waals surface area contributed by atoms with Gasteiger partial charge in [-0.05, 0) is 35.4 Å². The molecule has 1 amide bonds. The molecule has 152 valence electrons. The van der Waals surface area contributed by atoms with Crippen molar-refractivity contribution in [2.45, 2.75) is 0 Å². The van der Waals surface area contributed by atoms with E-state index in [1.165, 1.54) is 0 Å². The van der Waals surface area contributed by atoms with Crippen LogP contribution in [0.2, 0.25) is 0 Å².